The molecule has 0 saturated heterocycles. The summed E-state index contributed by atoms with van der Waals surface area (Å²) < 4.78 is 5.85. The Morgan fingerprint density at radius 2 is 1.95 bits per heavy atom. The Morgan fingerprint density at radius 1 is 1.32 bits per heavy atom. The summed E-state index contributed by atoms with van der Waals surface area (Å²) in [6, 6.07) is 3.96. The minimum Gasteiger partial charge on any atom is -0.476 e. The number of alkyl halides is 1. The van der Waals surface area contributed by atoms with Crippen molar-refractivity contribution in [2.24, 2.45) is 0 Å². The summed E-state index contributed by atoms with van der Waals surface area (Å²) in [5.41, 5.74) is 2.05. The fourth-order valence-corrected chi connectivity index (χ4v) is 1.56. The lowest BCUT2D eigenvalue weighted by atomic mass is 10.1. The van der Waals surface area contributed by atoms with Gasteiger partial charge in [-0.25, -0.2) is 4.98 Å². The third-order valence-electron chi connectivity index (χ3n) is 3.41. The highest BCUT2D eigenvalue weighted by Gasteiger charge is 2.21. The summed E-state index contributed by atoms with van der Waals surface area (Å²) in [6.45, 7) is 9.11. The fraction of sp³-hybridized carbons (Fsp3) is 0.667. The third kappa shape index (κ3) is 4.66. The molecule has 1 aromatic heterocycles. The highest BCUT2D eigenvalue weighted by molar-refractivity contribution is 6.17. The normalized spacial score (nSPS) is 12.3. The van der Waals surface area contributed by atoms with E-state index in [1.165, 1.54) is 0 Å². The van der Waals surface area contributed by atoms with E-state index in [-0.39, 0.29) is 5.54 Å². The molecule has 0 unspecified atom stereocenters. The number of hydrogen-bond acceptors (Lipinski definition) is 3. The van der Waals surface area contributed by atoms with Gasteiger partial charge in [0.1, 0.15) is 6.61 Å². The van der Waals surface area contributed by atoms with Crippen molar-refractivity contribution in [1.29, 1.82) is 0 Å². The van der Waals surface area contributed by atoms with Crippen LogP contribution in [0.15, 0.2) is 12.1 Å². The van der Waals surface area contributed by atoms with E-state index in [1.54, 1.807) is 0 Å². The minimum absolute atomic E-state index is 0.0311. The van der Waals surface area contributed by atoms with Crippen LogP contribution in [-0.2, 0) is 5.88 Å². The largest absolute Gasteiger partial charge is 0.476 e. The second-order valence-electron chi connectivity index (χ2n) is 6.02. The maximum absolute atomic E-state index is 5.92. The molecule has 0 bridgehead atoms. The van der Waals surface area contributed by atoms with Gasteiger partial charge < -0.3 is 9.64 Å². The Bertz CT molecular complexity index is 417. The molecule has 19 heavy (non-hydrogen) atoms. The third-order valence-corrected chi connectivity index (χ3v) is 3.72. The Kier molecular flexibility index (Phi) is 5.63. The van der Waals surface area contributed by atoms with E-state index in [1.807, 2.05) is 26.2 Å². The van der Waals surface area contributed by atoms with E-state index in [0.717, 1.165) is 11.3 Å². The molecule has 108 valence electrons. The van der Waals surface area contributed by atoms with Crippen LogP contribution in [0, 0.1) is 0 Å². The number of hydrogen-bond donors (Lipinski definition) is 0. The first kappa shape index (κ1) is 16.3. The molecule has 1 rings (SSSR count). The first-order valence-electron chi connectivity index (χ1n) is 6.63. The maximum Gasteiger partial charge on any atom is 0.213 e. The topological polar surface area (TPSA) is 25.4 Å². The molecule has 4 heteroatoms. The second-order valence-corrected chi connectivity index (χ2v) is 6.29. The number of nitrogens with zero attached hydrogens (tertiary/aromatic N) is 2. The van der Waals surface area contributed by atoms with Gasteiger partial charge in [0.05, 0.1) is 0 Å². The number of halogens is 1. The lowest BCUT2D eigenvalue weighted by Crippen LogP contribution is -2.43. The van der Waals surface area contributed by atoms with Crippen molar-refractivity contribution in [3.63, 3.8) is 0 Å². The second kappa shape index (κ2) is 6.58. The molecular formula is C15H25ClN2O. The van der Waals surface area contributed by atoms with E-state index in [2.05, 4.69) is 37.6 Å². The Morgan fingerprint density at radius 3 is 2.42 bits per heavy atom. The fourth-order valence-electron chi connectivity index (χ4n) is 1.41. The molecule has 0 saturated carbocycles. The number of likely N-dealkylation sites (N-methyl/N-ethyl adjacent to an activating group) is 1. The van der Waals surface area contributed by atoms with Crippen LogP contribution >= 0.6 is 11.6 Å². The van der Waals surface area contributed by atoms with Crippen LogP contribution in [0.25, 0.3) is 0 Å². The quantitative estimate of drug-likeness (QED) is 0.746. The van der Waals surface area contributed by atoms with E-state index in [0.29, 0.717) is 24.3 Å². The van der Waals surface area contributed by atoms with Crippen molar-refractivity contribution in [1.82, 2.24) is 9.88 Å². The molecule has 3 nitrogen and oxygen atoms in total. The summed E-state index contributed by atoms with van der Waals surface area (Å²) in [7, 11) is 4.09. The molecule has 0 radical (unpaired) electrons. The molecular weight excluding hydrogens is 260 g/mol. The number of ether oxygens (including phenoxy) is 1. The van der Waals surface area contributed by atoms with Gasteiger partial charge in [-0.2, -0.15) is 0 Å². The van der Waals surface area contributed by atoms with Gasteiger partial charge in [-0.15, -0.1) is 11.6 Å². The van der Waals surface area contributed by atoms with Gasteiger partial charge in [-0.05, 0) is 45.5 Å². The molecule has 1 aromatic rings. The minimum atomic E-state index is -0.0311. The molecule has 0 amide bonds. The summed E-state index contributed by atoms with van der Waals surface area (Å²) in [5, 5.41) is 0. The van der Waals surface area contributed by atoms with Gasteiger partial charge in [0.15, 0.2) is 0 Å². The molecule has 0 aromatic carbocycles. The molecule has 0 aliphatic rings. The first-order valence-corrected chi connectivity index (χ1v) is 7.17. The van der Waals surface area contributed by atoms with Gasteiger partial charge >= 0.3 is 0 Å². The Hall–Kier alpha value is -0.800. The smallest absolute Gasteiger partial charge is 0.213 e. The van der Waals surface area contributed by atoms with Crippen LogP contribution in [0.3, 0.4) is 0 Å². The molecule has 0 aliphatic carbocycles. The maximum atomic E-state index is 5.92. The summed E-state index contributed by atoms with van der Waals surface area (Å²) in [5.74, 6) is 1.51. The number of rotatable bonds is 6. The predicted octanol–water partition coefficient (Wildman–Crippen LogP) is 3.66. The van der Waals surface area contributed by atoms with Crippen molar-refractivity contribution in [2.45, 2.75) is 45.0 Å². The molecule has 0 fully saturated rings. The van der Waals surface area contributed by atoms with Gasteiger partial charge in [0.2, 0.25) is 5.88 Å². The van der Waals surface area contributed by atoms with E-state index in [4.69, 9.17) is 16.3 Å². The zero-order chi connectivity index (χ0) is 14.6. The van der Waals surface area contributed by atoms with Crippen LogP contribution in [0.1, 0.15) is 44.9 Å². The highest BCUT2D eigenvalue weighted by Crippen LogP contribution is 2.21. The van der Waals surface area contributed by atoms with Crippen LogP contribution in [0.4, 0.5) is 0 Å². The van der Waals surface area contributed by atoms with Crippen LogP contribution < -0.4 is 4.74 Å². The molecule has 1 heterocycles. The first-order chi connectivity index (χ1) is 8.76. The monoisotopic (exact) mass is 284 g/mol. The predicted molar refractivity (Wildman–Crippen MR) is 81.1 cm³/mol. The highest BCUT2D eigenvalue weighted by atomic mass is 35.5. The SMILES string of the molecule is CC(C)c1cc(CCl)cc(OCC(C)(C)N(C)C)n1. The standard InChI is InChI=1S/C15H25ClN2O/c1-11(2)13-7-12(9-16)8-14(17-13)19-10-15(3,4)18(5)6/h7-8,11H,9-10H2,1-6H3. The molecule has 0 aliphatic heterocycles. The zero-order valence-corrected chi connectivity index (χ0v) is 13.6. The van der Waals surface area contributed by atoms with Crippen molar-refractivity contribution >= 4 is 11.6 Å². The molecule has 0 N–H and O–H groups in total. The van der Waals surface area contributed by atoms with Crippen LogP contribution in [0.5, 0.6) is 5.88 Å². The van der Waals surface area contributed by atoms with Crippen LogP contribution in [-0.4, -0.2) is 36.1 Å². The average Bonchev–Trinajstić information content (AvgIpc) is 2.35. The van der Waals surface area contributed by atoms with Gasteiger partial charge in [0.25, 0.3) is 0 Å². The van der Waals surface area contributed by atoms with Gasteiger partial charge in [-0.3, -0.25) is 0 Å². The van der Waals surface area contributed by atoms with Crippen LogP contribution in [0.2, 0.25) is 0 Å². The Balaban J connectivity index is 2.86. The van der Waals surface area contributed by atoms with Gasteiger partial charge in [-0.1, -0.05) is 13.8 Å². The van der Waals surface area contributed by atoms with E-state index >= 15 is 0 Å². The Labute approximate surface area is 121 Å². The van der Waals surface area contributed by atoms with Crippen molar-refractivity contribution in [2.75, 3.05) is 20.7 Å². The summed E-state index contributed by atoms with van der Waals surface area (Å²) >= 11 is 5.92. The lowest BCUT2D eigenvalue weighted by molar-refractivity contribution is 0.111. The average molecular weight is 285 g/mol. The van der Waals surface area contributed by atoms with E-state index < -0.39 is 0 Å². The van der Waals surface area contributed by atoms with E-state index in [9.17, 15) is 0 Å². The summed E-state index contributed by atoms with van der Waals surface area (Å²) in [6.07, 6.45) is 0. The van der Waals surface area contributed by atoms with Crippen molar-refractivity contribution in [3.05, 3.63) is 23.4 Å². The summed E-state index contributed by atoms with van der Waals surface area (Å²) in [4.78, 5) is 6.68. The van der Waals surface area contributed by atoms with Crippen molar-refractivity contribution in [3.8, 4) is 5.88 Å². The van der Waals surface area contributed by atoms with Gasteiger partial charge in [0, 0.05) is 23.2 Å². The lowest BCUT2D eigenvalue weighted by Gasteiger charge is -2.32. The van der Waals surface area contributed by atoms with Crippen molar-refractivity contribution < 1.29 is 4.74 Å². The number of pyridine rings is 1. The molecule has 0 spiro atoms. The molecule has 0 atom stereocenters. The number of aromatic nitrogens is 1. The zero-order valence-electron chi connectivity index (χ0n) is 12.8.